The topological polar surface area (TPSA) is 32.3 Å². The highest BCUT2D eigenvalue weighted by atomic mass is 35.5. The smallest absolute Gasteiger partial charge is 0.0545 e. The maximum atomic E-state index is 8.97. The summed E-state index contributed by atoms with van der Waals surface area (Å²) in [5.74, 6) is 0. The Labute approximate surface area is 119 Å². The van der Waals surface area contributed by atoms with Gasteiger partial charge in [0.1, 0.15) is 0 Å². The number of nitrogens with one attached hydrogen (secondary N) is 1. The van der Waals surface area contributed by atoms with Crippen molar-refractivity contribution >= 4 is 23.4 Å². The summed E-state index contributed by atoms with van der Waals surface area (Å²) < 4.78 is 0. The molecule has 0 aliphatic carbocycles. The third kappa shape index (κ3) is 5.19. The lowest BCUT2D eigenvalue weighted by Gasteiger charge is -2.16. The van der Waals surface area contributed by atoms with Crippen LogP contribution >= 0.6 is 23.4 Å². The van der Waals surface area contributed by atoms with E-state index in [4.69, 9.17) is 16.7 Å². The fourth-order valence-corrected chi connectivity index (χ4v) is 3.01. The van der Waals surface area contributed by atoms with Crippen LogP contribution in [0.5, 0.6) is 0 Å². The maximum Gasteiger partial charge on any atom is 0.0545 e. The van der Waals surface area contributed by atoms with E-state index in [-0.39, 0.29) is 6.61 Å². The average molecular weight is 288 g/mol. The molecule has 0 amide bonds. The third-order valence-corrected chi connectivity index (χ3v) is 4.39. The second-order valence-electron chi connectivity index (χ2n) is 4.70. The molecule has 0 aromatic heterocycles. The van der Waals surface area contributed by atoms with Crippen LogP contribution < -0.4 is 5.32 Å². The number of hydrogen-bond acceptors (Lipinski definition) is 3. The van der Waals surface area contributed by atoms with Crippen molar-refractivity contribution in [2.45, 2.75) is 49.9 Å². The van der Waals surface area contributed by atoms with Crippen LogP contribution in [0.25, 0.3) is 0 Å². The van der Waals surface area contributed by atoms with Crippen molar-refractivity contribution in [1.29, 1.82) is 0 Å². The average Bonchev–Trinajstić information content (AvgIpc) is 2.30. The van der Waals surface area contributed by atoms with E-state index < -0.39 is 0 Å². The molecule has 4 heteroatoms. The quantitative estimate of drug-likeness (QED) is 0.750. The summed E-state index contributed by atoms with van der Waals surface area (Å²) >= 11 is 8.02. The van der Waals surface area contributed by atoms with Crippen LogP contribution in [-0.2, 0) is 6.54 Å². The van der Waals surface area contributed by atoms with Gasteiger partial charge in [-0.1, -0.05) is 44.5 Å². The lowest BCUT2D eigenvalue weighted by molar-refractivity contribution is 0.289. The van der Waals surface area contributed by atoms with Crippen LogP contribution in [0.2, 0.25) is 5.02 Å². The van der Waals surface area contributed by atoms with Gasteiger partial charge in [0.2, 0.25) is 0 Å². The molecule has 2 nitrogen and oxygen atoms in total. The van der Waals surface area contributed by atoms with Crippen LogP contribution in [0.15, 0.2) is 23.1 Å². The zero-order chi connectivity index (χ0) is 13.5. The molecule has 0 saturated carbocycles. The number of benzene rings is 1. The minimum absolute atomic E-state index is 0.220. The Balaban J connectivity index is 2.79. The molecule has 1 aromatic rings. The van der Waals surface area contributed by atoms with Crippen LogP contribution in [0.3, 0.4) is 0 Å². The molecular weight excluding hydrogens is 266 g/mol. The maximum absolute atomic E-state index is 8.97. The van der Waals surface area contributed by atoms with Crippen molar-refractivity contribution in [1.82, 2.24) is 5.32 Å². The molecule has 2 N–H and O–H groups in total. The van der Waals surface area contributed by atoms with E-state index in [9.17, 15) is 0 Å². The van der Waals surface area contributed by atoms with Gasteiger partial charge in [0.25, 0.3) is 0 Å². The third-order valence-electron chi connectivity index (χ3n) is 2.60. The monoisotopic (exact) mass is 287 g/mol. The summed E-state index contributed by atoms with van der Waals surface area (Å²) in [7, 11) is 0. The van der Waals surface area contributed by atoms with E-state index in [0.717, 1.165) is 22.9 Å². The van der Waals surface area contributed by atoms with Crippen LogP contribution in [0.4, 0.5) is 0 Å². The molecule has 0 fully saturated rings. The Morgan fingerprint density at radius 2 is 2.06 bits per heavy atom. The number of rotatable bonds is 7. The minimum Gasteiger partial charge on any atom is -0.396 e. The summed E-state index contributed by atoms with van der Waals surface area (Å²) in [6.07, 6.45) is 0.785. The van der Waals surface area contributed by atoms with Gasteiger partial charge in [0, 0.05) is 29.3 Å². The highest BCUT2D eigenvalue weighted by molar-refractivity contribution is 8.00. The van der Waals surface area contributed by atoms with E-state index in [0.29, 0.717) is 11.3 Å². The van der Waals surface area contributed by atoms with E-state index in [1.54, 1.807) is 11.8 Å². The SMILES string of the molecule is CC(C)NCc1cccc(Cl)c1SC(C)CCO. The predicted octanol–water partition coefficient (Wildman–Crippen LogP) is 3.70. The number of halogens is 1. The summed E-state index contributed by atoms with van der Waals surface area (Å²) in [5.41, 5.74) is 1.23. The van der Waals surface area contributed by atoms with Crippen molar-refractivity contribution in [3.63, 3.8) is 0 Å². The van der Waals surface area contributed by atoms with Gasteiger partial charge < -0.3 is 10.4 Å². The van der Waals surface area contributed by atoms with Crippen molar-refractivity contribution in [2.24, 2.45) is 0 Å². The van der Waals surface area contributed by atoms with E-state index >= 15 is 0 Å². The molecule has 0 heterocycles. The Bertz CT molecular complexity index is 371. The first kappa shape index (κ1) is 15.8. The Hall–Kier alpha value is -0.220. The standard InChI is InChI=1S/C14H22ClNOS/c1-10(2)16-9-12-5-4-6-13(15)14(12)18-11(3)7-8-17/h4-6,10-11,16-17H,7-9H2,1-3H3. The molecule has 0 radical (unpaired) electrons. The molecule has 0 aliphatic heterocycles. The lowest BCUT2D eigenvalue weighted by Crippen LogP contribution is -2.22. The summed E-state index contributed by atoms with van der Waals surface area (Å²) in [5, 5.41) is 13.6. The van der Waals surface area contributed by atoms with Gasteiger partial charge in [0.15, 0.2) is 0 Å². The number of thioether (sulfide) groups is 1. The predicted molar refractivity (Wildman–Crippen MR) is 80.4 cm³/mol. The second-order valence-corrected chi connectivity index (χ2v) is 6.56. The van der Waals surface area contributed by atoms with Crippen molar-refractivity contribution in [2.75, 3.05) is 6.61 Å². The number of hydrogen-bond donors (Lipinski definition) is 2. The second kappa shape index (κ2) is 8.05. The molecule has 1 atom stereocenters. The highest BCUT2D eigenvalue weighted by Crippen LogP contribution is 2.34. The number of aliphatic hydroxyl groups is 1. The summed E-state index contributed by atoms with van der Waals surface area (Å²) in [4.78, 5) is 1.13. The molecular formula is C14H22ClNOS. The van der Waals surface area contributed by atoms with Crippen molar-refractivity contribution in [3.05, 3.63) is 28.8 Å². The Morgan fingerprint density at radius 3 is 2.67 bits per heavy atom. The molecule has 0 spiro atoms. The van der Waals surface area contributed by atoms with Gasteiger partial charge in [-0.25, -0.2) is 0 Å². The highest BCUT2D eigenvalue weighted by Gasteiger charge is 2.12. The van der Waals surface area contributed by atoms with Gasteiger partial charge in [0.05, 0.1) is 5.02 Å². The van der Waals surface area contributed by atoms with Crippen molar-refractivity contribution < 1.29 is 5.11 Å². The largest absolute Gasteiger partial charge is 0.396 e. The van der Waals surface area contributed by atoms with Gasteiger partial charge in [-0.05, 0) is 18.1 Å². The molecule has 102 valence electrons. The molecule has 0 saturated heterocycles. The van der Waals surface area contributed by atoms with Gasteiger partial charge >= 0.3 is 0 Å². The summed E-state index contributed by atoms with van der Waals surface area (Å²) in [6, 6.07) is 6.47. The van der Waals surface area contributed by atoms with Crippen LogP contribution in [0.1, 0.15) is 32.8 Å². The van der Waals surface area contributed by atoms with Gasteiger partial charge in [-0.15, -0.1) is 11.8 Å². The van der Waals surface area contributed by atoms with Crippen LogP contribution in [-0.4, -0.2) is 23.0 Å². The summed E-state index contributed by atoms with van der Waals surface area (Å²) in [6.45, 7) is 7.42. The Kier molecular flexibility index (Phi) is 7.08. The first-order valence-corrected chi connectivity index (χ1v) is 7.58. The molecule has 1 aromatic carbocycles. The van der Waals surface area contributed by atoms with Crippen LogP contribution in [0, 0.1) is 0 Å². The van der Waals surface area contributed by atoms with E-state index in [1.165, 1.54) is 5.56 Å². The molecule has 1 unspecified atom stereocenters. The molecule has 0 bridgehead atoms. The zero-order valence-corrected chi connectivity index (χ0v) is 12.8. The Morgan fingerprint density at radius 1 is 1.33 bits per heavy atom. The first-order chi connectivity index (χ1) is 8.54. The minimum atomic E-state index is 0.220. The van der Waals surface area contributed by atoms with E-state index in [1.807, 2.05) is 12.1 Å². The molecule has 1 rings (SSSR count). The zero-order valence-electron chi connectivity index (χ0n) is 11.2. The van der Waals surface area contributed by atoms with Crippen molar-refractivity contribution in [3.8, 4) is 0 Å². The normalized spacial score (nSPS) is 13.0. The van der Waals surface area contributed by atoms with E-state index in [2.05, 4.69) is 32.2 Å². The number of aliphatic hydroxyl groups excluding tert-OH is 1. The lowest BCUT2D eigenvalue weighted by atomic mass is 10.2. The van der Waals surface area contributed by atoms with Gasteiger partial charge in [-0.2, -0.15) is 0 Å². The first-order valence-electron chi connectivity index (χ1n) is 6.33. The molecule has 0 aliphatic rings. The molecule has 18 heavy (non-hydrogen) atoms. The fourth-order valence-electron chi connectivity index (χ4n) is 1.58. The fraction of sp³-hybridized carbons (Fsp3) is 0.571. The van der Waals surface area contributed by atoms with Gasteiger partial charge in [-0.3, -0.25) is 0 Å².